The number of aromatic nitrogens is 2. The predicted octanol–water partition coefficient (Wildman–Crippen LogP) is 7.04. The Hall–Kier alpha value is -3.79. The summed E-state index contributed by atoms with van der Waals surface area (Å²) < 4.78 is 4.13. The maximum Gasteiger partial charge on any atom is 0.295 e. The molecule has 4 aromatic carbocycles. The highest BCUT2D eigenvalue weighted by atomic mass is 79.9. The summed E-state index contributed by atoms with van der Waals surface area (Å²) in [5.74, 6) is -0.525. The highest BCUT2D eigenvalue weighted by Gasteiger charge is 2.19. The van der Waals surface area contributed by atoms with Gasteiger partial charge in [-0.25, -0.2) is 4.68 Å². The fourth-order valence-electron chi connectivity index (χ4n) is 4.39. The van der Waals surface area contributed by atoms with E-state index in [0.717, 1.165) is 20.1 Å². The Balaban J connectivity index is 1.29. The van der Waals surface area contributed by atoms with E-state index in [1.807, 2.05) is 60.7 Å². The van der Waals surface area contributed by atoms with Crippen LogP contribution in [-0.4, -0.2) is 26.9 Å². The molecule has 202 valence electrons. The van der Waals surface area contributed by atoms with E-state index in [-0.39, 0.29) is 22.9 Å². The summed E-state index contributed by atoms with van der Waals surface area (Å²) >= 11 is 11.4. The summed E-state index contributed by atoms with van der Waals surface area (Å²) in [6, 6.07) is 25.4. The van der Waals surface area contributed by atoms with Crippen molar-refractivity contribution in [2.45, 2.75) is 11.8 Å². The third kappa shape index (κ3) is 5.58. The molecule has 7 nitrogen and oxygen atoms in total. The van der Waals surface area contributed by atoms with Crippen molar-refractivity contribution in [2.75, 3.05) is 16.4 Å². The smallest absolute Gasteiger partial charge is 0.295 e. The molecular formula is C30H24BrClN4O3S. The van der Waals surface area contributed by atoms with Crippen LogP contribution in [-0.2, 0) is 11.8 Å². The molecule has 10 heteroatoms. The van der Waals surface area contributed by atoms with E-state index in [1.165, 1.54) is 16.4 Å². The molecule has 0 aliphatic rings. The lowest BCUT2D eigenvalue weighted by atomic mass is 10.1. The van der Waals surface area contributed by atoms with Gasteiger partial charge in [0.15, 0.2) is 0 Å². The lowest BCUT2D eigenvalue weighted by Gasteiger charge is -2.11. The Bertz CT molecular complexity index is 1820. The third-order valence-electron chi connectivity index (χ3n) is 6.46. The molecule has 0 unspecified atom stereocenters. The molecule has 5 rings (SSSR count). The highest BCUT2D eigenvalue weighted by molar-refractivity contribution is 9.10. The van der Waals surface area contributed by atoms with Gasteiger partial charge in [-0.2, -0.15) is 0 Å². The standard InChI is InChI=1S/C30H24BrClN4O3S/c1-18-28(30(39)36(35(18)2)21-10-4-3-5-11-21)34-29(38)19-8-6-9-20(16-19)33-26(37)17-40-25-15-14-23(31)22-12-7-13-24(32)27(22)25/h3-16H,17H2,1-2H3,(H,33,37)(H,34,38). The van der Waals surface area contributed by atoms with Crippen molar-refractivity contribution in [3.63, 3.8) is 0 Å². The van der Waals surface area contributed by atoms with Crippen LogP contribution in [0.4, 0.5) is 11.4 Å². The van der Waals surface area contributed by atoms with E-state index in [2.05, 4.69) is 26.6 Å². The van der Waals surface area contributed by atoms with E-state index in [4.69, 9.17) is 11.6 Å². The molecular weight excluding hydrogens is 612 g/mol. The first-order valence-corrected chi connectivity index (χ1v) is 14.4. The number of anilines is 2. The van der Waals surface area contributed by atoms with E-state index < -0.39 is 5.91 Å². The van der Waals surface area contributed by atoms with Gasteiger partial charge in [0.2, 0.25) is 5.91 Å². The Morgan fingerprint density at radius 1 is 0.950 bits per heavy atom. The van der Waals surface area contributed by atoms with Crippen molar-refractivity contribution < 1.29 is 9.59 Å². The summed E-state index contributed by atoms with van der Waals surface area (Å²) in [5, 5.41) is 8.08. The number of benzene rings is 4. The number of halogens is 2. The van der Waals surface area contributed by atoms with Gasteiger partial charge < -0.3 is 10.6 Å². The molecule has 0 atom stereocenters. The summed E-state index contributed by atoms with van der Waals surface area (Å²) in [6.45, 7) is 1.77. The quantitative estimate of drug-likeness (QED) is 0.188. The van der Waals surface area contributed by atoms with Gasteiger partial charge in [-0.15, -0.1) is 11.8 Å². The zero-order valence-corrected chi connectivity index (χ0v) is 24.7. The van der Waals surface area contributed by atoms with Crippen LogP contribution in [0.2, 0.25) is 5.02 Å². The zero-order chi connectivity index (χ0) is 28.4. The minimum Gasteiger partial charge on any atom is -0.325 e. The minimum absolute atomic E-state index is 0.153. The first-order valence-electron chi connectivity index (χ1n) is 12.3. The SMILES string of the molecule is Cc1c(NC(=O)c2cccc(NC(=O)CSc3ccc(Br)c4cccc(Cl)c34)c2)c(=O)n(-c2ccccc2)n1C. The predicted molar refractivity (Wildman–Crippen MR) is 166 cm³/mol. The number of amides is 2. The molecule has 0 fully saturated rings. The van der Waals surface area contributed by atoms with Gasteiger partial charge in [-0.3, -0.25) is 19.1 Å². The zero-order valence-electron chi connectivity index (χ0n) is 21.6. The number of thioether (sulfide) groups is 1. The molecule has 1 heterocycles. The maximum atomic E-state index is 13.2. The topological polar surface area (TPSA) is 85.1 Å². The summed E-state index contributed by atoms with van der Waals surface area (Å²) in [7, 11) is 1.76. The second-order valence-electron chi connectivity index (χ2n) is 9.02. The summed E-state index contributed by atoms with van der Waals surface area (Å²) in [4.78, 5) is 39.9. The van der Waals surface area contributed by atoms with Crippen LogP contribution in [0.3, 0.4) is 0 Å². The monoisotopic (exact) mass is 634 g/mol. The van der Waals surface area contributed by atoms with Crippen molar-refractivity contribution in [3.8, 4) is 5.69 Å². The van der Waals surface area contributed by atoms with E-state index in [1.54, 1.807) is 42.9 Å². The minimum atomic E-state index is -0.451. The second-order valence-corrected chi connectivity index (χ2v) is 11.3. The van der Waals surface area contributed by atoms with Crippen molar-refractivity contribution in [2.24, 2.45) is 7.05 Å². The fraction of sp³-hybridized carbons (Fsp3) is 0.100. The maximum absolute atomic E-state index is 13.2. The molecule has 0 bridgehead atoms. The van der Waals surface area contributed by atoms with Crippen molar-refractivity contribution in [1.29, 1.82) is 0 Å². The number of hydrogen-bond acceptors (Lipinski definition) is 4. The van der Waals surface area contributed by atoms with Crippen LogP contribution in [0.15, 0.2) is 99.1 Å². The van der Waals surface area contributed by atoms with E-state index >= 15 is 0 Å². The van der Waals surface area contributed by atoms with Gasteiger partial charge in [0, 0.05) is 38.1 Å². The van der Waals surface area contributed by atoms with E-state index in [9.17, 15) is 14.4 Å². The van der Waals surface area contributed by atoms with Gasteiger partial charge in [0.1, 0.15) is 5.69 Å². The van der Waals surface area contributed by atoms with Crippen LogP contribution < -0.4 is 16.2 Å². The van der Waals surface area contributed by atoms with Gasteiger partial charge in [-0.05, 0) is 60.8 Å². The summed E-state index contributed by atoms with van der Waals surface area (Å²) in [5.41, 5.74) is 1.96. The molecule has 0 aliphatic heterocycles. The Morgan fingerprint density at radius 2 is 1.70 bits per heavy atom. The molecule has 40 heavy (non-hydrogen) atoms. The lowest BCUT2D eigenvalue weighted by molar-refractivity contribution is -0.113. The van der Waals surface area contributed by atoms with Crippen LogP contribution in [0.1, 0.15) is 16.1 Å². The number of nitrogens with zero attached hydrogens (tertiary/aromatic N) is 2. The van der Waals surface area contributed by atoms with Crippen molar-refractivity contribution in [3.05, 3.63) is 116 Å². The number of hydrogen-bond donors (Lipinski definition) is 2. The molecule has 0 spiro atoms. The molecule has 1 aromatic heterocycles. The number of fused-ring (bicyclic) bond motifs is 1. The van der Waals surface area contributed by atoms with Crippen molar-refractivity contribution >= 4 is 73.3 Å². The largest absolute Gasteiger partial charge is 0.325 e. The van der Waals surface area contributed by atoms with Crippen LogP contribution in [0.25, 0.3) is 16.5 Å². The summed E-state index contributed by atoms with van der Waals surface area (Å²) in [6.07, 6.45) is 0. The molecule has 5 aromatic rings. The molecule has 0 radical (unpaired) electrons. The van der Waals surface area contributed by atoms with Crippen LogP contribution in [0.5, 0.6) is 0 Å². The average molecular weight is 636 g/mol. The number of rotatable bonds is 7. The van der Waals surface area contributed by atoms with Gasteiger partial charge >= 0.3 is 0 Å². The Labute approximate surface area is 248 Å². The first-order chi connectivity index (χ1) is 19.2. The fourth-order valence-corrected chi connectivity index (χ4v) is 6.07. The highest BCUT2D eigenvalue weighted by Crippen LogP contribution is 2.37. The number of carbonyl (C=O) groups is 2. The first kappa shape index (κ1) is 27.8. The molecule has 2 N–H and O–H groups in total. The lowest BCUT2D eigenvalue weighted by Crippen LogP contribution is -2.23. The number of para-hydroxylation sites is 1. The van der Waals surface area contributed by atoms with Crippen molar-refractivity contribution in [1.82, 2.24) is 9.36 Å². The molecule has 2 amide bonds. The molecule has 0 aliphatic carbocycles. The van der Waals surface area contributed by atoms with E-state index in [0.29, 0.717) is 27.7 Å². The Morgan fingerprint density at radius 3 is 2.48 bits per heavy atom. The number of carbonyl (C=O) groups excluding carboxylic acids is 2. The van der Waals surface area contributed by atoms with Crippen LogP contribution >= 0.6 is 39.3 Å². The molecule has 0 saturated heterocycles. The average Bonchev–Trinajstić information content (AvgIpc) is 3.16. The molecule has 0 saturated carbocycles. The normalized spacial score (nSPS) is 11.0. The van der Waals surface area contributed by atoms with Gasteiger partial charge in [0.25, 0.3) is 11.5 Å². The number of nitrogens with one attached hydrogen (secondary N) is 2. The van der Waals surface area contributed by atoms with Crippen LogP contribution in [0, 0.1) is 6.92 Å². The second kappa shape index (κ2) is 11.8. The van der Waals surface area contributed by atoms with Gasteiger partial charge in [0.05, 0.1) is 17.1 Å². The van der Waals surface area contributed by atoms with Gasteiger partial charge in [-0.1, -0.05) is 63.9 Å². The third-order valence-corrected chi connectivity index (χ3v) is 8.52. The Kier molecular flexibility index (Phi) is 8.16.